The van der Waals surface area contributed by atoms with Gasteiger partial charge in [0.2, 0.25) is 0 Å². The normalized spacial score (nSPS) is 37.6. The molecule has 2 aliphatic carbocycles. The molecule has 1 heteroatoms. The zero-order chi connectivity index (χ0) is 9.10. The van der Waals surface area contributed by atoms with Crippen LogP contribution in [0.15, 0.2) is 0 Å². The van der Waals surface area contributed by atoms with E-state index >= 15 is 0 Å². The Morgan fingerprint density at radius 3 is 1.92 bits per heavy atom. The molecule has 0 nitrogen and oxygen atoms in total. The largest absolute Gasteiger partial charge is 0.123 e. The summed E-state index contributed by atoms with van der Waals surface area (Å²) in [5, 5.41) is 0.494. The van der Waals surface area contributed by atoms with Gasteiger partial charge < -0.3 is 0 Å². The molecule has 0 saturated heterocycles. The standard InChI is InChI=1S/C12H21Cl/c13-12-8-4-3-7-11(9-12)10-5-1-2-6-10/h10-12H,1-9H2. The molecule has 0 aliphatic heterocycles. The average Bonchev–Trinajstić information content (AvgIpc) is 2.56. The van der Waals surface area contributed by atoms with Crippen molar-refractivity contribution in [1.29, 1.82) is 0 Å². The summed E-state index contributed by atoms with van der Waals surface area (Å²) in [5.41, 5.74) is 0. The Morgan fingerprint density at radius 2 is 1.23 bits per heavy atom. The first-order valence-corrected chi connectivity index (χ1v) is 6.44. The Labute approximate surface area is 87.0 Å². The minimum absolute atomic E-state index is 0.494. The minimum Gasteiger partial charge on any atom is -0.123 e. The number of halogens is 1. The minimum atomic E-state index is 0.494. The number of hydrogen-bond acceptors (Lipinski definition) is 0. The molecule has 0 aromatic carbocycles. The van der Waals surface area contributed by atoms with Crippen molar-refractivity contribution >= 4 is 11.6 Å². The van der Waals surface area contributed by atoms with Crippen LogP contribution >= 0.6 is 11.6 Å². The van der Waals surface area contributed by atoms with E-state index in [2.05, 4.69) is 0 Å². The van der Waals surface area contributed by atoms with Crippen molar-refractivity contribution in [1.82, 2.24) is 0 Å². The van der Waals surface area contributed by atoms with Crippen molar-refractivity contribution in [2.45, 2.75) is 63.2 Å². The van der Waals surface area contributed by atoms with Crippen LogP contribution in [-0.4, -0.2) is 5.38 Å². The van der Waals surface area contributed by atoms with Gasteiger partial charge in [-0.3, -0.25) is 0 Å². The summed E-state index contributed by atoms with van der Waals surface area (Å²) in [6, 6.07) is 0. The smallest absolute Gasteiger partial charge is 0.0338 e. The van der Waals surface area contributed by atoms with Crippen molar-refractivity contribution < 1.29 is 0 Å². The molecule has 2 fully saturated rings. The third-order valence-corrected chi connectivity index (χ3v) is 4.36. The summed E-state index contributed by atoms with van der Waals surface area (Å²) in [6.45, 7) is 0. The lowest BCUT2D eigenvalue weighted by atomic mass is 9.85. The molecule has 2 unspecified atom stereocenters. The van der Waals surface area contributed by atoms with Crippen molar-refractivity contribution in [3.63, 3.8) is 0 Å². The highest BCUT2D eigenvalue weighted by Crippen LogP contribution is 2.39. The summed E-state index contributed by atoms with van der Waals surface area (Å²) >= 11 is 6.29. The predicted octanol–water partition coefficient (Wildman–Crippen LogP) is 4.36. The second-order valence-electron chi connectivity index (χ2n) is 4.92. The summed E-state index contributed by atoms with van der Waals surface area (Å²) in [7, 11) is 0. The summed E-state index contributed by atoms with van der Waals surface area (Å²) in [4.78, 5) is 0. The fraction of sp³-hybridized carbons (Fsp3) is 1.00. The van der Waals surface area contributed by atoms with Gasteiger partial charge in [-0.2, -0.15) is 0 Å². The van der Waals surface area contributed by atoms with Crippen molar-refractivity contribution in [3.8, 4) is 0 Å². The fourth-order valence-electron chi connectivity index (χ4n) is 3.19. The van der Waals surface area contributed by atoms with E-state index < -0.39 is 0 Å². The maximum atomic E-state index is 6.29. The molecule has 2 saturated carbocycles. The average molecular weight is 201 g/mol. The fourth-order valence-corrected chi connectivity index (χ4v) is 3.58. The van der Waals surface area contributed by atoms with Crippen LogP contribution in [0.4, 0.5) is 0 Å². The molecule has 0 aromatic heterocycles. The molecule has 13 heavy (non-hydrogen) atoms. The molecule has 76 valence electrons. The first kappa shape index (κ1) is 9.83. The second-order valence-corrected chi connectivity index (χ2v) is 5.54. The van der Waals surface area contributed by atoms with Crippen LogP contribution in [-0.2, 0) is 0 Å². The molecule has 0 aromatic rings. The Hall–Kier alpha value is 0.290. The third-order valence-electron chi connectivity index (χ3n) is 3.97. The van der Waals surface area contributed by atoms with E-state index in [9.17, 15) is 0 Å². The van der Waals surface area contributed by atoms with E-state index in [1.54, 1.807) is 0 Å². The summed E-state index contributed by atoms with van der Waals surface area (Å²) in [6.07, 6.45) is 12.8. The first-order valence-electron chi connectivity index (χ1n) is 6.00. The van der Waals surface area contributed by atoms with E-state index in [-0.39, 0.29) is 0 Å². The van der Waals surface area contributed by atoms with Crippen LogP contribution in [0.3, 0.4) is 0 Å². The highest BCUT2D eigenvalue weighted by atomic mass is 35.5. The Morgan fingerprint density at radius 1 is 0.692 bits per heavy atom. The molecule has 0 N–H and O–H groups in total. The van der Waals surface area contributed by atoms with Crippen molar-refractivity contribution in [2.75, 3.05) is 0 Å². The molecule has 2 atom stereocenters. The van der Waals surface area contributed by atoms with Gasteiger partial charge in [0.15, 0.2) is 0 Å². The molecule has 0 radical (unpaired) electrons. The lowest BCUT2D eigenvalue weighted by Gasteiger charge is -2.22. The zero-order valence-electron chi connectivity index (χ0n) is 8.47. The van der Waals surface area contributed by atoms with Crippen LogP contribution in [0.25, 0.3) is 0 Å². The summed E-state index contributed by atoms with van der Waals surface area (Å²) in [5.74, 6) is 2.02. The molecular formula is C12H21Cl. The van der Waals surface area contributed by atoms with Crippen molar-refractivity contribution in [2.24, 2.45) is 11.8 Å². The lowest BCUT2D eigenvalue weighted by Crippen LogP contribution is -2.14. The van der Waals surface area contributed by atoms with E-state index in [0.29, 0.717) is 5.38 Å². The van der Waals surface area contributed by atoms with Gasteiger partial charge in [-0.05, 0) is 24.7 Å². The number of hydrogen-bond donors (Lipinski definition) is 0. The first-order chi connectivity index (χ1) is 6.36. The van der Waals surface area contributed by atoms with Gasteiger partial charge >= 0.3 is 0 Å². The van der Waals surface area contributed by atoms with E-state index in [1.165, 1.54) is 57.8 Å². The van der Waals surface area contributed by atoms with Crippen LogP contribution in [0, 0.1) is 11.8 Å². The quantitative estimate of drug-likeness (QED) is 0.436. The molecule has 0 heterocycles. The van der Waals surface area contributed by atoms with Gasteiger partial charge in [0.25, 0.3) is 0 Å². The molecule has 0 bridgehead atoms. The Bertz CT molecular complexity index is 149. The number of alkyl halides is 1. The highest BCUT2D eigenvalue weighted by Gasteiger charge is 2.27. The zero-order valence-corrected chi connectivity index (χ0v) is 9.23. The number of rotatable bonds is 1. The Balaban J connectivity index is 1.88. The van der Waals surface area contributed by atoms with Crippen molar-refractivity contribution in [3.05, 3.63) is 0 Å². The second kappa shape index (κ2) is 4.68. The van der Waals surface area contributed by atoms with Gasteiger partial charge in [-0.1, -0.05) is 44.9 Å². The SMILES string of the molecule is ClC1CCCCC(C2CCCC2)C1. The topological polar surface area (TPSA) is 0 Å². The molecular weight excluding hydrogens is 180 g/mol. The van der Waals surface area contributed by atoms with Gasteiger partial charge in [0.1, 0.15) is 0 Å². The molecule has 2 aliphatic rings. The monoisotopic (exact) mass is 200 g/mol. The molecule has 0 spiro atoms. The van der Waals surface area contributed by atoms with E-state index in [0.717, 1.165) is 11.8 Å². The van der Waals surface area contributed by atoms with E-state index in [1.807, 2.05) is 0 Å². The summed E-state index contributed by atoms with van der Waals surface area (Å²) < 4.78 is 0. The third kappa shape index (κ3) is 2.62. The molecule has 2 rings (SSSR count). The van der Waals surface area contributed by atoms with E-state index in [4.69, 9.17) is 11.6 Å². The lowest BCUT2D eigenvalue weighted by molar-refractivity contribution is 0.305. The highest BCUT2D eigenvalue weighted by molar-refractivity contribution is 6.20. The van der Waals surface area contributed by atoms with Gasteiger partial charge in [0, 0.05) is 5.38 Å². The van der Waals surface area contributed by atoms with Crippen LogP contribution < -0.4 is 0 Å². The predicted molar refractivity (Wildman–Crippen MR) is 58.2 cm³/mol. The van der Waals surface area contributed by atoms with Crippen LogP contribution in [0.1, 0.15) is 57.8 Å². The maximum Gasteiger partial charge on any atom is 0.0338 e. The van der Waals surface area contributed by atoms with Gasteiger partial charge in [0.05, 0.1) is 0 Å². The van der Waals surface area contributed by atoms with Gasteiger partial charge in [-0.15, -0.1) is 11.6 Å². The van der Waals surface area contributed by atoms with Gasteiger partial charge in [-0.25, -0.2) is 0 Å². The Kier molecular flexibility index (Phi) is 3.54. The molecule has 0 amide bonds. The van der Waals surface area contributed by atoms with Crippen LogP contribution in [0.5, 0.6) is 0 Å². The van der Waals surface area contributed by atoms with Crippen LogP contribution in [0.2, 0.25) is 0 Å². The maximum absolute atomic E-state index is 6.29.